The monoisotopic (exact) mass is 247 g/mol. The molecule has 17 heavy (non-hydrogen) atoms. The molecule has 0 aliphatic heterocycles. The van der Waals surface area contributed by atoms with E-state index in [-0.39, 0.29) is 6.04 Å². The SMILES string of the molecule is Cc1c(Cl)cccc1NC(C)c1cnccn1. The lowest BCUT2D eigenvalue weighted by Crippen LogP contribution is -2.09. The van der Waals surface area contributed by atoms with Crippen LogP contribution in [0.1, 0.15) is 24.2 Å². The van der Waals surface area contributed by atoms with Crippen LogP contribution in [0.15, 0.2) is 36.8 Å². The lowest BCUT2D eigenvalue weighted by Gasteiger charge is -2.16. The number of anilines is 1. The summed E-state index contributed by atoms with van der Waals surface area (Å²) in [5, 5.41) is 4.15. The van der Waals surface area contributed by atoms with Crippen molar-refractivity contribution in [2.24, 2.45) is 0 Å². The lowest BCUT2D eigenvalue weighted by atomic mass is 10.1. The van der Waals surface area contributed by atoms with E-state index in [1.165, 1.54) is 0 Å². The maximum atomic E-state index is 6.08. The van der Waals surface area contributed by atoms with Crippen molar-refractivity contribution in [3.05, 3.63) is 53.1 Å². The molecule has 0 fully saturated rings. The third-order valence-corrected chi connectivity index (χ3v) is 3.08. The van der Waals surface area contributed by atoms with E-state index in [1.54, 1.807) is 18.6 Å². The standard InChI is InChI=1S/C13H14ClN3/c1-9-11(14)4-3-5-12(9)17-10(2)13-8-15-6-7-16-13/h3-8,10,17H,1-2H3. The van der Waals surface area contributed by atoms with Crippen LogP contribution in [-0.2, 0) is 0 Å². The van der Waals surface area contributed by atoms with Gasteiger partial charge < -0.3 is 5.32 Å². The Balaban J connectivity index is 2.19. The number of aromatic nitrogens is 2. The molecule has 0 amide bonds. The first-order valence-corrected chi connectivity index (χ1v) is 5.84. The van der Waals surface area contributed by atoms with Crippen LogP contribution in [0.5, 0.6) is 0 Å². The topological polar surface area (TPSA) is 37.8 Å². The van der Waals surface area contributed by atoms with Gasteiger partial charge in [0.15, 0.2) is 0 Å². The molecule has 1 aromatic heterocycles. The van der Waals surface area contributed by atoms with E-state index in [0.29, 0.717) is 0 Å². The molecule has 0 aliphatic carbocycles. The van der Waals surface area contributed by atoms with Crippen LogP contribution >= 0.6 is 11.6 Å². The minimum Gasteiger partial charge on any atom is -0.377 e. The second-order valence-corrected chi connectivity index (χ2v) is 4.32. The summed E-state index contributed by atoms with van der Waals surface area (Å²) in [4.78, 5) is 8.33. The number of nitrogens with one attached hydrogen (secondary N) is 1. The Morgan fingerprint density at radius 1 is 1.29 bits per heavy atom. The molecule has 4 heteroatoms. The fourth-order valence-corrected chi connectivity index (χ4v) is 1.78. The predicted molar refractivity (Wildman–Crippen MR) is 70.3 cm³/mol. The highest BCUT2D eigenvalue weighted by atomic mass is 35.5. The van der Waals surface area contributed by atoms with E-state index in [4.69, 9.17) is 11.6 Å². The van der Waals surface area contributed by atoms with Gasteiger partial charge in [0.2, 0.25) is 0 Å². The van der Waals surface area contributed by atoms with Crippen molar-refractivity contribution in [2.45, 2.75) is 19.9 Å². The van der Waals surface area contributed by atoms with E-state index in [2.05, 4.69) is 15.3 Å². The minimum absolute atomic E-state index is 0.0980. The van der Waals surface area contributed by atoms with Crippen molar-refractivity contribution < 1.29 is 0 Å². The summed E-state index contributed by atoms with van der Waals surface area (Å²) in [5.41, 5.74) is 2.98. The van der Waals surface area contributed by atoms with Gasteiger partial charge in [-0.3, -0.25) is 9.97 Å². The quantitative estimate of drug-likeness (QED) is 0.900. The fraction of sp³-hybridized carbons (Fsp3) is 0.231. The third-order valence-electron chi connectivity index (χ3n) is 2.67. The number of benzene rings is 1. The molecular formula is C13H14ClN3. The van der Waals surface area contributed by atoms with Crippen molar-refractivity contribution in [3.63, 3.8) is 0 Å². The zero-order valence-corrected chi connectivity index (χ0v) is 10.6. The summed E-state index contributed by atoms with van der Waals surface area (Å²) < 4.78 is 0. The Morgan fingerprint density at radius 3 is 2.82 bits per heavy atom. The number of rotatable bonds is 3. The van der Waals surface area contributed by atoms with Crippen molar-refractivity contribution in [1.82, 2.24) is 9.97 Å². The van der Waals surface area contributed by atoms with Crippen LogP contribution in [-0.4, -0.2) is 9.97 Å². The summed E-state index contributed by atoms with van der Waals surface area (Å²) >= 11 is 6.08. The second kappa shape index (κ2) is 5.15. The summed E-state index contributed by atoms with van der Waals surface area (Å²) in [5.74, 6) is 0. The average molecular weight is 248 g/mol. The number of halogens is 1. The molecule has 0 radical (unpaired) electrons. The van der Waals surface area contributed by atoms with E-state index in [9.17, 15) is 0 Å². The maximum absolute atomic E-state index is 6.08. The van der Waals surface area contributed by atoms with Crippen molar-refractivity contribution in [2.75, 3.05) is 5.32 Å². The molecule has 0 saturated carbocycles. The molecule has 2 rings (SSSR count). The highest BCUT2D eigenvalue weighted by Gasteiger charge is 2.09. The zero-order chi connectivity index (χ0) is 12.3. The van der Waals surface area contributed by atoms with Gasteiger partial charge >= 0.3 is 0 Å². The van der Waals surface area contributed by atoms with E-state index >= 15 is 0 Å². The molecule has 0 aliphatic rings. The van der Waals surface area contributed by atoms with Gasteiger partial charge in [-0.05, 0) is 31.5 Å². The Labute approximate surface area is 106 Å². The van der Waals surface area contributed by atoms with Gasteiger partial charge in [-0.1, -0.05) is 17.7 Å². The zero-order valence-electron chi connectivity index (χ0n) is 9.81. The largest absolute Gasteiger partial charge is 0.377 e. The van der Waals surface area contributed by atoms with Gasteiger partial charge in [-0.15, -0.1) is 0 Å². The molecule has 0 spiro atoms. The smallest absolute Gasteiger partial charge is 0.0806 e. The van der Waals surface area contributed by atoms with Crippen molar-refractivity contribution in [3.8, 4) is 0 Å². The van der Waals surface area contributed by atoms with Crippen LogP contribution in [0.4, 0.5) is 5.69 Å². The number of hydrogen-bond acceptors (Lipinski definition) is 3. The maximum Gasteiger partial charge on any atom is 0.0806 e. The minimum atomic E-state index is 0.0980. The molecule has 1 atom stereocenters. The molecule has 0 bridgehead atoms. The number of hydrogen-bond donors (Lipinski definition) is 1. The second-order valence-electron chi connectivity index (χ2n) is 3.91. The number of nitrogens with zero attached hydrogens (tertiary/aromatic N) is 2. The van der Waals surface area contributed by atoms with Gasteiger partial charge in [-0.2, -0.15) is 0 Å². The van der Waals surface area contributed by atoms with E-state index in [1.807, 2.05) is 32.0 Å². The molecule has 3 nitrogen and oxygen atoms in total. The predicted octanol–water partition coefficient (Wildman–Crippen LogP) is 3.61. The van der Waals surface area contributed by atoms with Gasteiger partial charge in [-0.25, -0.2) is 0 Å². The van der Waals surface area contributed by atoms with E-state index < -0.39 is 0 Å². The molecule has 1 N–H and O–H groups in total. The highest BCUT2D eigenvalue weighted by Crippen LogP contribution is 2.25. The summed E-state index contributed by atoms with van der Waals surface area (Å²) in [6.07, 6.45) is 5.12. The van der Waals surface area contributed by atoms with Crippen molar-refractivity contribution in [1.29, 1.82) is 0 Å². The normalized spacial score (nSPS) is 12.2. The van der Waals surface area contributed by atoms with Crippen LogP contribution < -0.4 is 5.32 Å². The first kappa shape index (κ1) is 11.9. The van der Waals surface area contributed by atoms with Crippen LogP contribution in [0, 0.1) is 6.92 Å². The van der Waals surface area contributed by atoms with Crippen molar-refractivity contribution >= 4 is 17.3 Å². The summed E-state index contributed by atoms with van der Waals surface area (Å²) in [6, 6.07) is 5.92. The highest BCUT2D eigenvalue weighted by molar-refractivity contribution is 6.31. The Bertz CT molecular complexity index is 499. The Kier molecular flexibility index (Phi) is 3.59. The van der Waals surface area contributed by atoms with Gasteiger partial charge in [0, 0.05) is 23.1 Å². The fourth-order valence-electron chi connectivity index (χ4n) is 1.61. The molecule has 2 aromatic rings. The summed E-state index contributed by atoms with van der Waals surface area (Å²) in [7, 11) is 0. The Morgan fingerprint density at radius 2 is 2.12 bits per heavy atom. The molecule has 1 unspecified atom stereocenters. The summed E-state index contributed by atoms with van der Waals surface area (Å²) in [6.45, 7) is 4.04. The van der Waals surface area contributed by atoms with Gasteiger partial charge in [0.1, 0.15) is 0 Å². The third kappa shape index (κ3) is 2.74. The first-order valence-electron chi connectivity index (χ1n) is 5.46. The first-order chi connectivity index (χ1) is 8.18. The average Bonchev–Trinajstić information content (AvgIpc) is 2.36. The van der Waals surface area contributed by atoms with Crippen LogP contribution in [0.3, 0.4) is 0 Å². The van der Waals surface area contributed by atoms with E-state index in [0.717, 1.165) is 22.0 Å². The Hall–Kier alpha value is -1.61. The molecule has 88 valence electrons. The molecule has 1 heterocycles. The molecular weight excluding hydrogens is 234 g/mol. The van der Waals surface area contributed by atoms with Crippen LogP contribution in [0.25, 0.3) is 0 Å². The van der Waals surface area contributed by atoms with Crippen LogP contribution in [0.2, 0.25) is 5.02 Å². The van der Waals surface area contributed by atoms with Gasteiger partial charge in [0.25, 0.3) is 0 Å². The van der Waals surface area contributed by atoms with Gasteiger partial charge in [0.05, 0.1) is 17.9 Å². The molecule has 0 saturated heterocycles. The lowest BCUT2D eigenvalue weighted by molar-refractivity contribution is 0.826. The molecule has 1 aromatic carbocycles.